The van der Waals surface area contributed by atoms with Crippen LogP contribution in [-0.2, 0) is 9.59 Å². The second-order valence-corrected chi connectivity index (χ2v) is 7.27. The predicted octanol–water partition coefficient (Wildman–Crippen LogP) is -1.03. The first-order valence-electron chi connectivity index (χ1n) is 9.52. The highest BCUT2D eigenvalue weighted by molar-refractivity contribution is 5.91. The van der Waals surface area contributed by atoms with E-state index in [-0.39, 0.29) is 17.6 Å². The Labute approximate surface area is 160 Å². The van der Waals surface area contributed by atoms with Crippen molar-refractivity contribution in [1.29, 1.82) is 0 Å². The highest BCUT2D eigenvalue weighted by atomic mass is 19.1. The van der Waals surface area contributed by atoms with Crippen molar-refractivity contribution in [3.8, 4) is 0 Å². The lowest BCUT2D eigenvalue weighted by molar-refractivity contribution is -1.00. The molecule has 1 aliphatic heterocycles. The maximum absolute atomic E-state index is 12.9. The molecule has 27 heavy (non-hydrogen) atoms. The zero-order chi connectivity index (χ0) is 19.8. The number of hydrogen-bond acceptors (Lipinski definition) is 2. The van der Waals surface area contributed by atoms with Crippen molar-refractivity contribution in [1.82, 2.24) is 4.90 Å². The second-order valence-electron chi connectivity index (χ2n) is 7.27. The number of amides is 2. The summed E-state index contributed by atoms with van der Waals surface area (Å²) in [6, 6.07) is 5.77. The number of nitrogens with zero attached hydrogens (tertiary/aromatic N) is 1. The summed E-state index contributed by atoms with van der Waals surface area (Å²) in [7, 11) is 0. The average molecular weight is 378 g/mol. The summed E-state index contributed by atoms with van der Waals surface area (Å²) in [4.78, 5) is 28.9. The lowest BCUT2D eigenvalue weighted by Crippen LogP contribution is -3.28. The van der Waals surface area contributed by atoms with E-state index in [1.54, 1.807) is 12.1 Å². The van der Waals surface area contributed by atoms with E-state index in [1.807, 2.05) is 18.7 Å². The van der Waals surface area contributed by atoms with E-state index >= 15 is 0 Å². The molecule has 0 aromatic heterocycles. The minimum atomic E-state index is -0.322. The molecule has 148 valence electrons. The molecule has 0 aliphatic carbocycles. The van der Waals surface area contributed by atoms with Gasteiger partial charge < -0.3 is 20.0 Å². The van der Waals surface area contributed by atoms with Gasteiger partial charge in [0.2, 0.25) is 0 Å². The fourth-order valence-electron chi connectivity index (χ4n) is 3.30. The first-order valence-corrected chi connectivity index (χ1v) is 9.52. The molecule has 1 aromatic rings. The maximum Gasteiger partial charge on any atom is 0.279 e. The Hall–Kier alpha value is -2.25. The number of carbonyl (C=O) groups is 2. The molecule has 0 saturated carbocycles. The van der Waals surface area contributed by atoms with Crippen LogP contribution in [0, 0.1) is 5.82 Å². The number of benzene rings is 1. The summed E-state index contributed by atoms with van der Waals surface area (Å²) in [5.41, 5.74) is 1.59. The van der Waals surface area contributed by atoms with Gasteiger partial charge >= 0.3 is 0 Å². The molecule has 0 bridgehead atoms. The minimum absolute atomic E-state index is 0.0743. The van der Waals surface area contributed by atoms with Crippen LogP contribution in [0.25, 0.3) is 0 Å². The quantitative estimate of drug-likeness (QED) is 0.507. The second kappa shape index (κ2) is 10.2. The molecular formula is C20H31FN4O2+2. The molecule has 7 heteroatoms. The standard InChI is InChI=1S/C20H29FN4O2/c1-4-25(13-16(2)3)20(27)15-24-11-9-23(10-12-24)14-19(26)22-18-7-5-17(21)6-8-18/h5-8H,2,4,9-15H2,1,3H3,(H,22,26)/p+2. The molecule has 0 radical (unpaired) electrons. The van der Waals surface area contributed by atoms with Crippen molar-refractivity contribution >= 4 is 17.5 Å². The minimum Gasteiger partial charge on any atom is -0.334 e. The van der Waals surface area contributed by atoms with Gasteiger partial charge in [0.25, 0.3) is 11.8 Å². The van der Waals surface area contributed by atoms with E-state index in [4.69, 9.17) is 0 Å². The largest absolute Gasteiger partial charge is 0.334 e. The van der Waals surface area contributed by atoms with Crippen molar-refractivity contribution in [3.05, 3.63) is 42.2 Å². The zero-order valence-electron chi connectivity index (χ0n) is 16.3. The molecule has 0 spiro atoms. The van der Waals surface area contributed by atoms with Crippen molar-refractivity contribution < 1.29 is 23.8 Å². The number of halogens is 1. The number of piperazine rings is 1. The van der Waals surface area contributed by atoms with E-state index in [0.717, 1.165) is 31.8 Å². The highest BCUT2D eigenvalue weighted by Crippen LogP contribution is 2.07. The molecular weight excluding hydrogens is 347 g/mol. The van der Waals surface area contributed by atoms with Crippen LogP contribution in [0.1, 0.15) is 13.8 Å². The topological polar surface area (TPSA) is 58.3 Å². The third-order valence-electron chi connectivity index (χ3n) is 4.80. The number of likely N-dealkylation sites (N-methyl/N-ethyl adjacent to an activating group) is 1. The fraction of sp³-hybridized carbons (Fsp3) is 0.500. The van der Waals surface area contributed by atoms with Gasteiger partial charge in [0, 0.05) is 18.8 Å². The number of quaternary nitrogens is 2. The van der Waals surface area contributed by atoms with Gasteiger partial charge in [-0.15, -0.1) is 0 Å². The summed E-state index contributed by atoms with van der Waals surface area (Å²) >= 11 is 0. The Kier molecular flexibility index (Phi) is 7.94. The lowest BCUT2D eigenvalue weighted by Gasteiger charge is -2.30. The molecule has 1 saturated heterocycles. The van der Waals surface area contributed by atoms with Gasteiger partial charge in [0.15, 0.2) is 13.1 Å². The Morgan fingerprint density at radius 2 is 1.67 bits per heavy atom. The molecule has 0 unspecified atom stereocenters. The van der Waals surface area contributed by atoms with E-state index in [9.17, 15) is 14.0 Å². The third-order valence-corrected chi connectivity index (χ3v) is 4.80. The number of rotatable bonds is 8. The van der Waals surface area contributed by atoms with Gasteiger partial charge in [-0.05, 0) is 38.1 Å². The molecule has 1 fully saturated rings. The summed E-state index contributed by atoms with van der Waals surface area (Å²) in [5, 5.41) is 2.80. The zero-order valence-corrected chi connectivity index (χ0v) is 16.3. The van der Waals surface area contributed by atoms with Gasteiger partial charge in [-0.3, -0.25) is 9.59 Å². The first kappa shape index (κ1) is 21.1. The molecule has 1 aliphatic rings. The van der Waals surface area contributed by atoms with E-state index in [1.165, 1.54) is 21.9 Å². The maximum atomic E-state index is 12.9. The van der Waals surface area contributed by atoms with Crippen LogP contribution in [0.2, 0.25) is 0 Å². The van der Waals surface area contributed by atoms with E-state index in [0.29, 0.717) is 31.9 Å². The van der Waals surface area contributed by atoms with Crippen LogP contribution in [0.4, 0.5) is 10.1 Å². The van der Waals surface area contributed by atoms with Gasteiger partial charge in [-0.1, -0.05) is 12.2 Å². The fourth-order valence-corrected chi connectivity index (χ4v) is 3.30. The smallest absolute Gasteiger partial charge is 0.279 e. The normalized spacial score (nSPS) is 19.4. The monoisotopic (exact) mass is 378 g/mol. The Bertz CT molecular complexity index is 654. The van der Waals surface area contributed by atoms with Crippen molar-refractivity contribution in [2.24, 2.45) is 0 Å². The summed E-state index contributed by atoms with van der Waals surface area (Å²) in [5.74, 6) is -0.236. The average Bonchev–Trinajstić information content (AvgIpc) is 2.63. The van der Waals surface area contributed by atoms with Crippen LogP contribution < -0.4 is 15.1 Å². The number of nitrogens with one attached hydrogen (secondary N) is 3. The highest BCUT2D eigenvalue weighted by Gasteiger charge is 2.27. The SMILES string of the molecule is C=C(C)CN(CC)C(=O)C[NH+]1CC[NH+](CC(=O)Nc2ccc(F)cc2)CC1. The predicted molar refractivity (Wildman–Crippen MR) is 103 cm³/mol. The number of anilines is 1. The molecule has 2 rings (SSSR count). The molecule has 1 aromatic carbocycles. The Morgan fingerprint density at radius 3 is 2.19 bits per heavy atom. The number of carbonyl (C=O) groups excluding carboxylic acids is 2. The van der Waals surface area contributed by atoms with Crippen molar-refractivity contribution in [2.45, 2.75) is 13.8 Å². The summed E-state index contributed by atoms with van der Waals surface area (Å²) < 4.78 is 12.9. The molecule has 0 atom stereocenters. The van der Waals surface area contributed by atoms with Crippen LogP contribution >= 0.6 is 0 Å². The van der Waals surface area contributed by atoms with Crippen LogP contribution in [-0.4, -0.2) is 69.1 Å². The van der Waals surface area contributed by atoms with Gasteiger partial charge in [0.05, 0.1) is 0 Å². The first-order chi connectivity index (χ1) is 12.9. The van der Waals surface area contributed by atoms with Gasteiger partial charge in [-0.25, -0.2) is 4.39 Å². The van der Waals surface area contributed by atoms with Crippen LogP contribution in [0.5, 0.6) is 0 Å². The van der Waals surface area contributed by atoms with Crippen molar-refractivity contribution in [2.75, 3.05) is 57.7 Å². The van der Waals surface area contributed by atoms with Crippen LogP contribution in [0.15, 0.2) is 36.4 Å². The summed E-state index contributed by atoms with van der Waals surface area (Å²) in [6.45, 7) is 13.4. The van der Waals surface area contributed by atoms with E-state index in [2.05, 4.69) is 11.9 Å². The molecule has 3 N–H and O–H groups in total. The third kappa shape index (κ3) is 7.11. The van der Waals surface area contributed by atoms with E-state index < -0.39 is 0 Å². The van der Waals surface area contributed by atoms with Crippen LogP contribution in [0.3, 0.4) is 0 Å². The molecule has 2 amide bonds. The van der Waals surface area contributed by atoms with Gasteiger partial charge in [0.1, 0.15) is 32.0 Å². The Morgan fingerprint density at radius 1 is 1.11 bits per heavy atom. The lowest BCUT2D eigenvalue weighted by atomic mass is 10.2. The summed E-state index contributed by atoms with van der Waals surface area (Å²) in [6.07, 6.45) is 0. The Balaban J connectivity index is 1.73. The van der Waals surface area contributed by atoms with Gasteiger partial charge in [-0.2, -0.15) is 0 Å². The number of hydrogen-bond donors (Lipinski definition) is 3. The molecule has 6 nitrogen and oxygen atoms in total. The van der Waals surface area contributed by atoms with Crippen molar-refractivity contribution in [3.63, 3.8) is 0 Å². The molecule has 1 heterocycles.